The van der Waals surface area contributed by atoms with Crippen molar-refractivity contribution in [1.29, 1.82) is 0 Å². The topological polar surface area (TPSA) is 95.3 Å². The maximum absolute atomic E-state index is 12.7. The van der Waals surface area contributed by atoms with Crippen LogP contribution in [0.5, 0.6) is 0 Å². The number of aromatic nitrogens is 3. The van der Waals surface area contributed by atoms with Gasteiger partial charge in [-0.1, -0.05) is 19.0 Å². The van der Waals surface area contributed by atoms with Crippen LogP contribution < -0.4 is 10.5 Å². The first-order valence-electron chi connectivity index (χ1n) is 8.39. The lowest BCUT2D eigenvalue weighted by atomic mass is 10.1. The highest BCUT2D eigenvalue weighted by molar-refractivity contribution is 5.91. The third-order valence-electron chi connectivity index (χ3n) is 4.16. The summed E-state index contributed by atoms with van der Waals surface area (Å²) in [6, 6.07) is 1.70. The molecule has 25 heavy (non-hydrogen) atoms. The maximum Gasteiger partial charge on any atom is 0.292 e. The van der Waals surface area contributed by atoms with Crippen LogP contribution in [0.1, 0.15) is 41.4 Å². The van der Waals surface area contributed by atoms with Crippen LogP contribution in [0, 0.1) is 5.92 Å². The minimum Gasteiger partial charge on any atom is -0.351 e. The zero-order valence-electron chi connectivity index (χ0n) is 15.0. The van der Waals surface area contributed by atoms with E-state index in [0.717, 1.165) is 12.1 Å². The zero-order chi connectivity index (χ0) is 18.1. The fraction of sp³-hybridized carbons (Fsp3) is 0.529. The number of nitrogens with one attached hydrogen (secondary N) is 1. The van der Waals surface area contributed by atoms with Gasteiger partial charge in [-0.25, -0.2) is 4.98 Å². The van der Waals surface area contributed by atoms with E-state index >= 15 is 0 Å². The number of rotatable bonds is 4. The molecule has 3 rings (SSSR count). The van der Waals surface area contributed by atoms with Crippen molar-refractivity contribution < 1.29 is 9.32 Å². The van der Waals surface area contributed by atoms with E-state index in [1.807, 2.05) is 0 Å². The Kier molecular flexibility index (Phi) is 4.61. The summed E-state index contributed by atoms with van der Waals surface area (Å²) >= 11 is 0. The first-order valence-corrected chi connectivity index (χ1v) is 8.39. The van der Waals surface area contributed by atoms with Gasteiger partial charge >= 0.3 is 0 Å². The van der Waals surface area contributed by atoms with E-state index in [1.165, 1.54) is 0 Å². The highest BCUT2D eigenvalue weighted by Crippen LogP contribution is 2.19. The van der Waals surface area contributed by atoms with Gasteiger partial charge in [0, 0.05) is 32.3 Å². The molecule has 0 spiro atoms. The minimum atomic E-state index is -0.221. The highest BCUT2D eigenvalue weighted by Gasteiger charge is 2.27. The Morgan fingerprint density at radius 1 is 1.44 bits per heavy atom. The van der Waals surface area contributed by atoms with E-state index in [4.69, 9.17) is 4.52 Å². The second-order valence-electron chi connectivity index (χ2n) is 6.97. The Morgan fingerprint density at radius 3 is 2.88 bits per heavy atom. The average Bonchev–Trinajstić information content (AvgIpc) is 3.01. The van der Waals surface area contributed by atoms with Gasteiger partial charge in [-0.05, 0) is 18.8 Å². The van der Waals surface area contributed by atoms with Gasteiger partial charge in [-0.15, -0.1) is 0 Å². The van der Waals surface area contributed by atoms with Crippen LogP contribution in [0.2, 0.25) is 0 Å². The molecule has 0 radical (unpaired) electrons. The number of carbonyl (C=O) groups is 1. The van der Waals surface area contributed by atoms with Crippen molar-refractivity contribution in [3.05, 3.63) is 39.1 Å². The van der Waals surface area contributed by atoms with E-state index in [-0.39, 0.29) is 17.2 Å². The molecule has 8 heteroatoms. The Morgan fingerprint density at radius 2 is 2.20 bits per heavy atom. The number of aromatic amines is 1. The number of fused-ring (bicyclic) bond motifs is 1. The predicted molar refractivity (Wildman–Crippen MR) is 92.7 cm³/mol. The monoisotopic (exact) mass is 345 g/mol. The van der Waals surface area contributed by atoms with Crippen molar-refractivity contribution in [2.24, 2.45) is 5.92 Å². The molecule has 1 aliphatic heterocycles. The molecule has 1 amide bonds. The second-order valence-corrected chi connectivity index (χ2v) is 6.97. The van der Waals surface area contributed by atoms with Gasteiger partial charge in [-0.3, -0.25) is 14.6 Å². The van der Waals surface area contributed by atoms with Gasteiger partial charge in [0.2, 0.25) is 11.7 Å². The third-order valence-corrected chi connectivity index (χ3v) is 4.16. The normalized spacial score (nSPS) is 13.9. The summed E-state index contributed by atoms with van der Waals surface area (Å²) in [5, 5.41) is 3.97. The van der Waals surface area contributed by atoms with E-state index < -0.39 is 0 Å². The largest absolute Gasteiger partial charge is 0.351 e. The predicted octanol–water partition coefficient (Wildman–Crippen LogP) is 1.22. The van der Waals surface area contributed by atoms with Crippen LogP contribution in [0.15, 0.2) is 15.4 Å². The summed E-state index contributed by atoms with van der Waals surface area (Å²) < 4.78 is 5.22. The molecule has 0 atom stereocenters. The molecule has 0 saturated carbocycles. The molecule has 0 fully saturated rings. The van der Waals surface area contributed by atoms with Crippen LogP contribution in [0.4, 0.5) is 5.95 Å². The van der Waals surface area contributed by atoms with Gasteiger partial charge in [0.15, 0.2) is 0 Å². The summed E-state index contributed by atoms with van der Waals surface area (Å²) in [5.41, 5.74) is 1.92. The van der Waals surface area contributed by atoms with Crippen LogP contribution in [-0.4, -0.2) is 46.6 Å². The molecule has 134 valence electrons. The highest BCUT2D eigenvalue weighted by atomic mass is 16.5. The van der Waals surface area contributed by atoms with Gasteiger partial charge in [-0.2, -0.15) is 0 Å². The molecule has 0 bridgehead atoms. The molecule has 8 nitrogen and oxygen atoms in total. The number of hydrogen-bond acceptors (Lipinski definition) is 6. The van der Waals surface area contributed by atoms with Crippen LogP contribution in [0.25, 0.3) is 0 Å². The number of hydrogen-bond donors (Lipinski definition) is 1. The van der Waals surface area contributed by atoms with Gasteiger partial charge in [0.25, 0.3) is 11.5 Å². The van der Waals surface area contributed by atoms with E-state index in [0.29, 0.717) is 42.6 Å². The first-order chi connectivity index (χ1) is 11.8. The summed E-state index contributed by atoms with van der Waals surface area (Å²) in [7, 11) is 3.61. The van der Waals surface area contributed by atoms with Gasteiger partial charge in [0.1, 0.15) is 0 Å². The second kappa shape index (κ2) is 6.70. The van der Waals surface area contributed by atoms with Crippen molar-refractivity contribution in [3.8, 4) is 0 Å². The Bertz CT molecular complexity index is 837. The molecule has 2 aromatic rings. The minimum absolute atomic E-state index is 0.139. The SMILES string of the molecule is CC(C)Cc1cc(C(=O)N2CCc3c(nc(N(C)C)[nH]c3=O)C2)on1. The molecular weight excluding hydrogens is 322 g/mol. The Labute approximate surface area is 145 Å². The Hall–Kier alpha value is -2.64. The van der Waals surface area contributed by atoms with Crippen LogP contribution in [0.3, 0.4) is 0 Å². The lowest BCUT2D eigenvalue weighted by molar-refractivity contribution is 0.0689. The van der Waals surface area contributed by atoms with Gasteiger partial charge < -0.3 is 14.3 Å². The summed E-state index contributed by atoms with van der Waals surface area (Å²) in [5.74, 6) is 0.936. The van der Waals surface area contributed by atoms with Crippen molar-refractivity contribution in [2.75, 3.05) is 25.5 Å². The summed E-state index contributed by atoms with van der Waals surface area (Å²) in [4.78, 5) is 35.5. The smallest absolute Gasteiger partial charge is 0.292 e. The van der Waals surface area contributed by atoms with Crippen molar-refractivity contribution >= 4 is 11.9 Å². The lowest BCUT2D eigenvalue weighted by Gasteiger charge is -2.27. The standard InChI is InChI=1S/C17H23N5O3/c1-10(2)7-11-8-14(25-20-11)16(24)22-6-5-12-13(9-22)18-17(21(3)4)19-15(12)23/h8,10H,5-7,9H2,1-4H3,(H,18,19,23). The summed E-state index contributed by atoms with van der Waals surface area (Å²) in [6.07, 6.45) is 1.24. The molecule has 1 N–H and O–H groups in total. The lowest BCUT2D eigenvalue weighted by Crippen LogP contribution is -2.39. The van der Waals surface area contributed by atoms with E-state index in [2.05, 4.69) is 29.0 Å². The molecule has 0 aliphatic carbocycles. The van der Waals surface area contributed by atoms with E-state index in [9.17, 15) is 9.59 Å². The molecule has 0 unspecified atom stereocenters. The number of nitrogens with zero attached hydrogens (tertiary/aromatic N) is 4. The number of anilines is 1. The fourth-order valence-electron chi connectivity index (χ4n) is 2.89. The molecular formula is C17H23N5O3. The number of carbonyl (C=O) groups excluding carboxylic acids is 1. The molecule has 0 saturated heterocycles. The van der Waals surface area contributed by atoms with Gasteiger partial charge in [0.05, 0.1) is 17.9 Å². The number of amides is 1. The zero-order valence-corrected chi connectivity index (χ0v) is 15.0. The average molecular weight is 345 g/mol. The third kappa shape index (κ3) is 3.57. The van der Waals surface area contributed by atoms with Crippen molar-refractivity contribution in [1.82, 2.24) is 20.0 Å². The van der Waals surface area contributed by atoms with Crippen molar-refractivity contribution in [3.63, 3.8) is 0 Å². The fourth-order valence-corrected chi connectivity index (χ4v) is 2.89. The van der Waals surface area contributed by atoms with E-state index in [1.54, 1.807) is 30.0 Å². The molecule has 2 aromatic heterocycles. The number of H-pyrrole nitrogens is 1. The van der Waals surface area contributed by atoms with Crippen LogP contribution in [-0.2, 0) is 19.4 Å². The summed E-state index contributed by atoms with van der Waals surface area (Å²) in [6.45, 7) is 4.92. The Balaban J connectivity index is 1.81. The molecule has 1 aliphatic rings. The van der Waals surface area contributed by atoms with Crippen molar-refractivity contribution in [2.45, 2.75) is 33.2 Å². The quantitative estimate of drug-likeness (QED) is 0.895. The molecule has 3 heterocycles. The molecule has 0 aromatic carbocycles. The maximum atomic E-state index is 12.7. The first kappa shape index (κ1) is 17.2. The van der Waals surface area contributed by atoms with Crippen LogP contribution >= 0.6 is 0 Å².